The van der Waals surface area contributed by atoms with Crippen molar-refractivity contribution in [3.05, 3.63) is 0 Å². The van der Waals surface area contributed by atoms with Gasteiger partial charge in [0.05, 0.1) is 0 Å². The van der Waals surface area contributed by atoms with Gasteiger partial charge in [-0.05, 0) is 39.0 Å². The lowest BCUT2D eigenvalue weighted by molar-refractivity contribution is -0.137. The average molecular weight is 298 g/mol. The molecule has 1 saturated heterocycles. The molecule has 1 heterocycles. The van der Waals surface area contributed by atoms with Crippen molar-refractivity contribution in [2.24, 2.45) is 5.92 Å². The monoisotopic (exact) mass is 298 g/mol. The maximum absolute atomic E-state index is 12.6. The number of piperidine rings is 1. The SMILES string of the molecule is CCCC1CCN(C(=O)N(CCCC(=O)O)C(C)C)CC1. The maximum atomic E-state index is 12.6. The molecule has 0 aromatic rings. The molecule has 0 aliphatic carbocycles. The highest BCUT2D eigenvalue weighted by molar-refractivity contribution is 5.75. The summed E-state index contributed by atoms with van der Waals surface area (Å²) in [4.78, 5) is 26.9. The van der Waals surface area contributed by atoms with E-state index in [0.717, 1.165) is 31.8 Å². The summed E-state index contributed by atoms with van der Waals surface area (Å²) in [6.07, 6.45) is 5.31. The van der Waals surface area contributed by atoms with Gasteiger partial charge in [0.1, 0.15) is 0 Å². The summed E-state index contributed by atoms with van der Waals surface area (Å²) in [6, 6.07) is 0.185. The van der Waals surface area contributed by atoms with E-state index in [1.54, 1.807) is 0 Å². The number of nitrogens with zero attached hydrogens (tertiary/aromatic N) is 2. The summed E-state index contributed by atoms with van der Waals surface area (Å²) in [5.41, 5.74) is 0. The summed E-state index contributed by atoms with van der Waals surface area (Å²) in [5.74, 6) is -0.0369. The first-order chi connectivity index (χ1) is 9.95. The Hall–Kier alpha value is -1.26. The summed E-state index contributed by atoms with van der Waals surface area (Å²) >= 11 is 0. The molecule has 21 heavy (non-hydrogen) atoms. The van der Waals surface area contributed by atoms with Crippen molar-refractivity contribution < 1.29 is 14.7 Å². The van der Waals surface area contributed by atoms with E-state index < -0.39 is 5.97 Å². The molecule has 1 aliphatic heterocycles. The second-order valence-electron chi connectivity index (χ2n) is 6.29. The Morgan fingerprint density at radius 1 is 1.29 bits per heavy atom. The molecule has 0 unspecified atom stereocenters. The molecule has 1 N–H and O–H groups in total. The van der Waals surface area contributed by atoms with Gasteiger partial charge in [0.2, 0.25) is 0 Å². The fourth-order valence-electron chi connectivity index (χ4n) is 2.98. The van der Waals surface area contributed by atoms with Crippen LogP contribution in [-0.4, -0.2) is 52.6 Å². The molecule has 1 rings (SSSR count). The predicted molar refractivity (Wildman–Crippen MR) is 83.3 cm³/mol. The van der Waals surface area contributed by atoms with Gasteiger partial charge in [-0.3, -0.25) is 4.79 Å². The van der Waals surface area contributed by atoms with Gasteiger partial charge >= 0.3 is 12.0 Å². The summed E-state index contributed by atoms with van der Waals surface area (Å²) in [6.45, 7) is 8.39. The number of hydrogen-bond acceptors (Lipinski definition) is 2. The lowest BCUT2D eigenvalue weighted by atomic mass is 9.93. The molecule has 0 saturated carbocycles. The molecule has 0 radical (unpaired) electrons. The lowest BCUT2D eigenvalue weighted by Gasteiger charge is -2.37. The Labute approximate surface area is 128 Å². The quantitative estimate of drug-likeness (QED) is 0.785. The van der Waals surface area contributed by atoms with Gasteiger partial charge in [-0.15, -0.1) is 0 Å². The third kappa shape index (κ3) is 5.94. The third-order valence-electron chi connectivity index (χ3n) is 4.24. The van der Waals surface area contributed by atoms with Crippen LogP contribution < -0.4 is 0 Å². The van der Waals surface area contributed by atoms with E-state index in [2.05, 4.69) is 6.92 Å². The van der Waals surface area contributed by atoms with Gasteiger partial charge in [0.25, 0.3) is 0 Å². The number of carbonyl (C=O) groups excluding carboxylic acids is 1. The van der Waals surface area contributed by atoms with Gasteiger partial charge in [-0.25, -0.2) is 4.79 Å². The highest BCUT2D eigenvalue weighted by Crippen LogP contribution is 2.23. The molecule has 2 amide bonds. The van der Waals surface area contributed by atoms with Crippen molar-refractivity contribution in [3.8, 4) is 0 Å². The largest absolute Gasteiger partial charge is 0.481 e. The standard InChI is InChI=1S/C16H30N2O3/c1-4-6-14-8-11-17(12-9-14)16(21)18(13(2)3)10-5-7-15(19)20/h13-14H,4-12H2,1-3H3,(H,19,20). The van der Waals surface area contributed by atoms with Gasteiger partial charge in [0, 0.05) is 32.1 Å². The van der Waals surface area contributed by atoms with Crippen molar-refractivity contribution >= 4 is 12.0 Å². The van der Waals surface area contributed by atoms with Crippen molar-refractivity contribution in [2.75, 3.05) is 19.6 Å². The second-order valence-corrected chi connectivity index (χ2v) is 6.29. The van der Waals surface area contributed by atoms with Crippen LogP contribution in [-0.2, 0) is 4.79 Å². The number of carboxylic acid groups (broad SMARTS) is 1. The highest BCUT2D eigenvalue weighted by Gasteiger charge is 2.27. The molecule has 1 fully saturated rings. The van der Waals surface area contributed by atoms with E-state index in [0.29, 0.717) is 13.0 Å². The first-order valence-electron chi connectivity index (χ1n) is 8.23. The normalized spacial score (nSPS) is 16.3. The Kier molecular flexibility index (Phi) is 7.54. The first kappa shape index (κ1) is 17.8. The minimum atomic E-state index is -0.800. The zero-order valence-electron chi connectivity index (χ0n) is 13.7. The highest BCUT2D eigenvalue weighted by atomic mass is 16.4. The van der Waals surface area contributed by atoms with Crippen LogP contribution >= 0.6 is 0 Å². The Balaban J connectivity index is 2.47. The minimum absolute atomic E-state index is 0.0744. The lowest BCUT2D eigenvalue weighted by Crippen LogP contribution is -2.49. The van der Waals surface area contributed by atoms with E-state index in [1.807, 2.05) is 23.6 Å². The van der Waals surface area contributed by atoms with Crippen LogP contribution in [0.1, 0.15) is 59.3 Å². The van der Waals surface area contributed by atoms with Crippen molar-refractivity contribution in [1.82, 2.24) is 9.80 Å². The molecular weight excluding hydrogens is 268 g/mol. The van der Waals surface area contributed by atoms with E-state index in [4.69, 9.17) is 5.11 Å². The van der Waals surface area contributed by atoms with Crippen LogP contribution in [0.25, 0.3) is 0 Å². The van der Waals surface area contributed by atoms with E-state index in [-0.39, 0.29) is 18.5 Å². The fraction of sp³-hybridized carbons (Fsp3) is 0.875. The van der Waals surface area contributed by atoms with Crippen molar-refractivity contribution in [3.63, 3.8) is 0 Å². The van der Waals surface area contributed by atoms with Crippen molar-refractivity contribution in [1.29, 1.82) is 0 Å². The molecule has 122 valence electrons. The molecule has 0 bridgehead atoms. The number of rotatable bonds is 7. The minimum Gasteiger partial charge on any atom is -0.481 e. The molecule has 5 heteroatoms. The predicted octanol–water partition coefficient (Wildman–Crippen LogP) is 3.19. The van der Waals surface area contributed by atoms with Crippen LogP contribution in [0, 0.1) is 5.92 Å². The van der Waals surface area contributed by atoms with Crippen LogP contribution in [0.3, 0.4) is 0 Å². The molecule has 0 aromatic carbocycles. The van der Waals surface area contributed by atoms with E-state index in [1.165, 1.54) is 12.8 Å². The molecular formula is C16H30N2O3. The number of amides is 2. The fourth-order valence-corrected chi connectivity index (χ4v) is 2.98. The van der Waals surface area contributed by atoms with Crippen molar-refractivity contribution in [2.45, 2.75) is 65.3 Å². The molecule has 0 aromatic heterocycles. The van der Waals surface area contributed by atoms with Gasteiger partial charge in [-0.1, -0.05) is 19.8 Å². The summed E-state index contributed by atoms with van der Waals surface area (Å²) < 4.78 is 0. The van der Waals surface area contributed by atoms with E-state index >= 15 is 0 Å². The Bertz CT molecular complexity index is 336. The topological polar surface area (TPSA) is 60.9 Å². The average Bonchev–Trinajstić information content (AvgIpc) is 2.43. The van der Waals surface area contributed by atoms with Gasteiger partial charge in [0.15, 0.2) is 0 Å². The summed E-state index contributed by atoms with van der Waals surface area (Å²) in [5, 5.41) is 8.72. The zero-order valence-corrected chi connectivity index (χ0v) is 13.7. The van der Waals surface area contributed by atoms with Gasteiger partial charge in [-0.2, -0.15) is 0 Å². The molecule has 1 aliphatic rings. The molecule has 0 atom stereocenters. The van der Waals surface area contributed by atoms with Crippen LogP contribution in [0.15, 0.2) is 0 Å². The molecule has 5 nitrogen and oxygen atoms in total. The number of urea groups is 1. The number of likely N-dealkylation sites (tertiary alicyclic amines) is 1. The van der Waals surface area contributed by atoms with Crippen LogP contribution in [0.2, 0.25) is 0 Å². The third-order valence-corrected chi connectivity index (χ3v) is 4.24. The Morgan fingerprint density at radius 2 is 1.90 bits per heavy atom. The van der Waals surface area contributed by atoms with Gasteiger partial charge < -0.3 is 14.9 Å². The summed E-state index contributed by atoms with van der Waals surface area (Å²) in [7, 11) is 0. The Morgan fingerprint density at radius 3 is 2.38 bits per heavy atom. The number of aliphatic carboxylic acids is 1. The van der Waals surface area contributed by atoms with E-state index in [9.17, 15) is 9.59 Å². The first-order valence-corrected chi connectivity index (χ1v) is 8.23. The maximum Gasteiger partial charge on any atom is 0.320 e. The zero-order chi connectivity index (χ0) is 15.8. The second kappa shape index (κ2) is 8.90. The number of hydrogen-bond donors (Lipinski definition) is 1. The smallest absolute Gasteiger partial charge is 0.320 e. The number of carbonyl (C=O) groups is 2. The van der Waals surface area contributed by atoms with Crippen LogP contribution in [0.5, 0.6) is 0 Å². The molecule has 0 spiro atoms. The van der Waals surface area contributed by atoms with Crippen LogP contribution in [0.4, 0.5) is 4.79 Å². The number of carboxylic acids is 1.